The zero-order chi connectivity index (χ0) is 19.6. The van der Waals surface area contributed by atoms with Crippen LogP contribution < -0.4 is 15.4 Å². The fraction of sp³-hybridized carbons (Fsp3) is 0.650. The van der Waals surface area contributed by atoms with Gasteiger partial charge in [-0.2, -0.15) is 0 Å². The number of aryl methyl sites for hydroxylation is 1. The number of nitrogens with one attached hydrogen (secondary N) is 2. The number of halogens is 1. The van der Waals surface area contributed by atoms with Crippen LogP contribution in [0.15, 0.2) is 23.2 Å². The Hall–Kier alpha value is -1.06. The second kappa shape index (κ2) is 13.2. The molecule has 1 aromatic rings. The van der Waals surface area contributed by atoms with E-state index in [1.165, 1.54) is 5.56 Å². The standard InChI is InChI=1S/C20H36N4O2.HI/c1-8-25-11-12-26-18-13-16(2)9-10-17(18)14-22-19(21-5)23-15-20(3,4)24(6)7;/h9-10,13H,8,11-12,14-15H2,1-7H3,(H2,21,22,23);1H. The van der Waals surface area contributed by atoms with E-state index in [1.54, 1.807) is 7.05 Å². The molecule has 156 valence electrons. The van der Waals surface area contributed by atoms with Gasteiger partial charge in [-0.25, -0.2) is 0 Å². The van der Waals surface area contributed by atoms with E-state index in [0.29, 0.717) is 26.4 Å². The third-order valence-electron chi connectivity index (χ3n) is 4.48. The molecule has 0 saturated heterocycles. The van der Waals surface area contributed by atoms with Gasteiger partial charge in [0.1, 0.15) is 12.4 Å². The largest absolute Gasteiger partial charge is 0.491 e. The van der Waals surface area contributed by atoms with Crippen molar-refractivity contribution < 1.29 is 9.47 Å². The van der Waals surface area contributed by atoms with Gasteiger partial charge in [0.2, 0.25) is 0 Å². The molecule has 0 aliphatic rings. The average Bonchev–Trinajstić information content (AvgIpc) is 2.60. The van der Waals surface area contributed by atoms with E-state index in [4.69, 9.17) is 9.47 Å². The highest BCUT2D eigenvalue weighted by atomic mass is 127. The summed E-state index contributed by atoms with van der Waals surface area (Å²) in [5, 5.41) is 6.76. The van der Waals surface area contributed by atoms with Gasteiger partial charge in [0, 0.05) is 37.8 Å². The molecular formula is C20H37IN4O2. The third-order valence-corrected chi connectivity index (χ3v) is 4.48. The number of likely N-dealkylation sites (N-methyl/N-ethyl adjacent to an activating group) is 1. The predicted octanol–water partition coefficient (Wildman–Crippen LogP) is 3.03. The number of rotatable bonds is 10. The van der Waals surface area contributed by atoms with Crippen LogP contribution in [0.3, 0.4) is 0 Å². The Morgan fingerprint density at radius 3 is 2.48 bits per heavy atom. The van der Waals surface area contributed by atoms with Crippen LogP contribution in [0.1, 0.15) is 31.9 Å². The minimum absolute atomic E-state index is 0. The van der Waals surface area contributed by atoms with Crippen LogP contribution in [0.2, 0.25) is 0 Å². The smallest absolute Gasteiger partial charge is 0.191 e. The van der Waals surface area contributed by atoms with Crippen LogP contribution in [-0.4, -0.2) is 63.9 Å². The first-order chi connectivity index (χ1) is 12.3. The van der Waals surface area contributed by atoms with E-state index in [9.17, 15) is 0 Å². The van der Waals surface area contributed by atoms with Crippen molar-refractivity contribution in [3.05, 3.63) is 29.3 Å². The van der Waals surface area contributed by atoms with Crippen LogP contribution in [0, 0.1) is 6.92 Å². The monoisotopic (exact) mass is 492 g/mol. The summed E-state index contributed by atoms with van der Waals surface area (Å²) in [5.74, 6) is 1.67. The number of aliphatic imine (C=N–C) groups is 1. The molecule has 0 unspecified atom stereocenters. The first-order valence-electron chi connectivity index (χ1n) is 9.22. The van der Waals surface area contributed by atoms with E-state index in [0.717, 1.165) is 23.8 Å². The first-order valence-corrected chi connectivity index (χ1v) is 9.22. The lowest BCUT2D eigenvalue weighted by Gasteiger charge is -2.33. The molecule has 0 saturated carbocycles. The van der Waals surface area contributed by atoms with Crippen molar-refractivity contribution in [2.75, 3.05) is 47.5 Å². The maximum Gasteiger partial charge on any atom is 0.191 e. The maximum absolute atomic E-state index is 5.90. The number of guanidine groups is 1. The molecule has 0 bridgehead atoms. The lowest BCUT2D eigenvalue weighted by atomic mass is 10.0. The van der Waals surface area contributed by atoms with Crippen LogP contribution in [0.5, 0.6) is 5.75 Å². The molecule has 0 fully saturated rings. The number of hydrogen-bond acceptors (Lipinski definition) is 4. The average molecular weight is 492 g/mol. The molecule has 6 nitrogen and oxygen atoms in total. The highest BCUT2D eigenvalue weighted by Crippen LogP contribution is 2.20. The molecule has 0 spiro atoms. The minimum Gasteiger partial charge on any atom is -0.491 e. The van der Waals surface area contributed by atoms with Gasteiger partial charge < -0.3 is 25.0 Å². The Balaban J connectivity index is 0.00000676. The van der Waals surface area contributed by atoms with Gasteiger partial charge >= 0.3 is 0 Å². The van der Waals surface area contributed by atoms with Crippen LogP contribution in [0.4, 0.5) is 0 Å². The maximum atomic E-state index is 5.90. The zero-order valence-electron chi connectivity index (χ0n) is 17.9. The molecule has 2 N–H and O–H groups in total. The first kappa shape index (κ1) is 25.9. The van der Waals surface area contributed by atoms with E-state index in [-0.39, 0.29) is 29.5 Å². The van der Waals surface area contributed by atoms with Gasteiger partial charge in [-0.3, -0.25) is 4.99 Å². The van der Waals surface area contributed by atoms with Crippen LogP contribution in [-0.2, 0) is 11.3 Å². The molecule has 0 aromatic heterocycles. The van der Waals surface area contributed by atoms with Crippen molar-refractivity contribution in [3.63, 3.8) is 0 Å². The van der Waals surface area contributed by atoms with Gasteiger partial charge in [0.05, 0.1) is 6.61 Å². The summed E-state index contributed by atoms with van der Waals surface area (Å²) in [6.45, 7) is 11.7. The Morgan fingerprint density at radius 1 is 1.19 bits per heavy atom. The Morgan fingerprint density at radius 2 is 1.89 bits per heavy atom. The summed E-state index contributed by atoms with van der Waals surface area (Å²) in [4.78, 5) is 6.51. The van der Waals surface area contributed by atoms with Gasteiger partial charge in [0.15, 0.2) is 5.96 Å². The molecule has 0 aliphatic heterocycles. The highest BCUT2D eigenvalue weighted by Gasteiger charge is 2.20. The Kier molecular flexibility index (Phi) is 12.7. The SMILES string of the molecule is CCOCCOc1cc(C)ccc1CNC(=NC)NCC(C)(C)N(C)C.I. The predicted molar refractivity (Wildman–Crippen MR) is 125 cm³/mol. The van der Waals surface area contributed by atoms with Crippen LogP contribution in [0.25, 0.3) is 0 Å². The number of nitrogens with zero attached hydrogens (tertiary/aromatic N) is 2. The summed E-state index contributed by atoms with van der Waals surface area (Å²) in [6.07, 6.45) is 0. The van der Waals surface area contributed by atoms with Gasteiger partial charge in [-0.05, 0) is 53.4 Å². The summed E-state index contributed by atoms with van der Waals surface area (Å²) < 4.78 is 11.2. The lowest BCUT2D eigenvalue weighted by Crippen LogP contribution is -2.50. The molecule has 0 heterocycles. The molecule has 27 heavy (non-hydrogen) atoms. The second-order valence-electron chi connectivity index (χ2n) is 7.14. The topological polar surface area (TPSA) is 58.1 Å². The summed E-state index contributed by atoms with van der Waals surface area (Å²) in [7, 11) is 5.94. The van der Waals surface area contributed by atoms with Crippen molar-refractivity contribution in [3.8, 4) is 5.75 Å². The quantitative estimate of drug-likeness (QED) is 0.228. The summed E-state index contributed by atoms with van der Waals surface area (Å²) >= 11 is 0. The third kappa shape index (κ3) is 9.62. The van der Waals surface area contributed by atoms with Gasteiger partial charge in [-0.15, -0.1) is 24.0 Å². The molecule has 7 heteroatoms. The molecular weight excluding hydrogens is 455 g/mol. The van der Waals surface area contributed by atoms with Crippen LogP contribution >= 0.6 is 24.0 Å². The molecule has 1 rings (SSSR count). The van der Waals surface area contributed by atoms with E-state index < -0.39 is 0 Å². The van der Waals surface area contributed by atoms with Gasteiger partial charge in [-0.1, -0.05) is 12.1 Å². The normalized spacial score (nSPS) is 11.9. The summed E-state index contributed by atoms with van der Waals surface area (Å²) in [5.41, 5.74) is 2.31. The number of ether oxygens (including phenoxy) is 2. The Bertz CT molecular complexity index is 577. The van der Waals surface area contributed by atoms with Crippen molar-refractivity contribution >= 4 is 29.9 Å². The lowest BCUT2D eigenvalue weighted by molar-refractivity contribution is 0.110. The van der Waals surface area contributed by atoms with Gasteiger partial charge in [0.25, 0.3) is 0 Å². The van der Waals surface area contributed by atoms with Crippen molar-refractivity contribution in [2.24, 2.45) is 4.99 Å². The van der Waals surface area contributed by atoms with Crippen molar-refractivity contribution in [1.29, 1.82) is 0 Å². The highest BCUT2D eigenvalue weighted by molar-refractivity contribution is 14.0. The second-order valence-corrected chi connectivity index (χ2v) is 7.14. The molecule has 0 atom stereocenters. The van der Waals surface area contributed by atoms with E-state index >= 15 is 0 Å². The van der Waals surface area contributed by atoms with E-state index in [2.05, 4.69) is 73.6 Å². The summed E-state index contributed by atoms with van der Waals surface area (Å²) in [6, 6.07) is 6.25. The fourth-order valence-corrected chi connectivity index (χ4v) is 2.15. The number of benzene rings is 1. The number of hydrogen-bond donors (Lipinski definition) is 2. The molecule has 0 amide bonds. The fourth-order valence-electron chi connectivity index (χ4n) is 2.15. The Labute approximate surface area is 182 Å². The van der Waals surface area contributed by atoms with Crippen molar-refractivity contribution in [2.45, 2.75) is 39.8 Å². The minimum atomic E-state index is 0. The van der Waals surface area contributed by atoms with E-state index in [1.807, 2.05) is 6.92 Å². The molecule has 0 radical (unpaired) electrons. The van der Waals surface area contributed by atoms with Crippen molar-refractivity contribution in [1.82, 2.24) is 15.5 Å². The molecule has 0 aliphatic carbocycles. The zero-order valence-corrected chi connectivity index (χ0v) is 20.2. The molecule has 1 aromatic carbocycles.